The van der Waals surface area contributed by atoms with Gasteiger partial charge >= 0.3 is 11.7 Å². The van der Waals surface area contributed by atoms with Gasteiger partial charge in [-0.25, -0.2) is 4.79 Å². The molecule has 0 aliphatic rings. The fraction of sp³-hybridized carbons (Fsp3) is 0.286. The van der Waals surface area contributed by atoms with Gasteiger partial charge in [0, 0.05) is 12.8 Å². The molecule has 0 spiro atoms. The minimum absolute atomic E-state index is 0.0639. The van der Waals surface area contributed by atoms with E-state index in [9.17, 15) is 9.59 Å². The van der Waals surface area contributed by atoms with Gasteiger partial charge in [-0.3, -0.25) is 4.79 Å². The van der Waals surface area contributed by atoms with Crippen molar-refractivity contribution < 1.29 is 24.0 Å². The summed E-state index contributed by atoms with van der Waals surface area (Å²) in [7, 11) is 2.50. The predicted molar refractivity (Wildman–Crippen MR) is 74.9 cm³/mol. The predicted octanol–water partition coefficient (Wildman–Crippen LogP) is 1.23. The lowest BCUT2D eigenvalue weighted by atomic mass is 10.0. The number of ketones is 1. The number of nitrogens with zero attached hydrogens (tertiary/aromatic N) is 3. The van der Waals surface area contributed by atoms with Crippen molar-refractivity contribution in [1.82, 2.24) is 0 Å². The topological polar surface area (TPSA) is 101 Å². The second kappa shape index (κ2) is 8.39. The van der Waals surface area contributed by atoms with Crippen LogP contribution in [0.4, 0.5) is 0 Å². The molecule has 0 bridgehead atoms. The maximum absolute atomic E-state index is 11.8. The molecule has 110 valence electrons. The van der Waals surface area contributed by atoms with Gasteiger partial charge in [0.05, 0.1) is 12.8 Å². The number of benzene rings is 1. The number of carbonyl (C=O) groups is 2. The molecule has 0 radical (unpaired) electrons. The Morgan fingerprint density at radius 3 is 2.38 bits per heavy atom. The van der Waals surface area contributed by atoms with Gasteiger partial charge in [-0.2, -0.15) is 4.79 Å². The van der Waals surface area contributed by atoms with Crippen molar-refractivity contribution >= 4 is 23.2 Å². The van der Waals surface area contributed by atoms with E-state index in [0.717, 1.165) is 12.7 Å². The second-order valence-corrected chi connectivity index (χ2v) is 3.95. The monoisotopic (exact) mass is 289 g/mol. The first-order valence-corrected chi connectivity index (χ1v) is 6.13. The van der Waals surface area contributed by atoms with Gasteiger partial charge in [-0.1, -0.05) is 35.5 Å². The Balaban J connectivity index is 2.80. The van der Waals surface area contributed by atoms with Crippen LogP contribution in [-0.4, -0.2) is 42.2 Å². The average molecular weight is 289 g/mol. The van der Waals surface area contributed by atoms with Crippen LogP contribution in [0.5, 0.6) is 0 Å². The van der Waals surface area contributed by atoms with E-state index in [1.54, 1.807) is 0 Å². The number of carbonyl (C=O) groups excluding carboxylic acids is 2. The number of hydrogen-bond donors (Lipinski definition) is 0. The highest BCUT2D eigenvalue weighted by Gasteiger charge is 2.30. The normalized spacial score (nSPS) is 10.5. The lowest BCUT2D eigenvalue weighted by molar-refractivity contribution is -0.139. The molecule has 7 heteroatoms. The molecular weight excluding hydrogens is 274 g/mol. The van der Waals surface area contributed by atoms with Crippen LogP contribution in [0.1, 0.15) is 18.4 Å². The summed E-state index contributed by atoms with van der Waals surface area (Å²) >= 11 is 0. The van der Waals surface area contributed by atoms with Crippen molar-refractivity contribution in [2.75, 3.05) is 14.2 Å². The Kier molecular flexibility index (Phi) is 6.50. The van der Waals surface area contributed by atoms with Crippen molar-refractivity contribution in [3.63, 3.8) is 0 Å². The van der Waals surface area contributed by atoms with Crippen molar-refractivity contribution in [2.24, 2.45) is 5.16 Å². The third-order valence-corrected chi connectivity index (χ3v) is 2.64. The summed E-state index contributed by atoms with van der Waals surface area (Å²) in [6.07, 6.45) is 0.165. The number of rotatable bonds is 7. The van der Waals surface area contributed by atoms with E-state index in [-0.39, 0.29) is 12.8 Å². The Labute approximate surface area is 121 Å². The third-order valence-electron chi connectivity index (χ3n) is 2.64. The largest absolute Gasteiger partial charge is 0.460 e. The standard InChI is InChI=1S/C14H15N3O4/c1-20-14(19)13(16-15)12(18)9-8-11(17-21-2)10-6-4-3-5-7-10/h3-7H,8-9H2,1-2H3/b17-11-. The quantitative estimate of drug-likeness (QED) is 0.188. The molecule has 0 unspecified atom stereocenters. The second-order valence-electron chi connectivity index (χ2n) is 3.95. The van der Waals surface area contributed by atoms with Crippen molar-refractivity contribution in [1.29, 1.82) is 0 Å². The lowest BCUT2D eigenvalue weighted by Gasteiger charge is -2.04. The van der Waals surface area contributed by atoms with Gasteiger partial charge in [-0.15, -0.1) is 0 Å². The third kappa shape index (κ3) is 4.67. The summed E-state index contributed by atoms with van der Waals surface area (Å²) in [5, 5.41) is 3.86. The number of methoxy groups -OCH3 is 1. The highest BCUT2D eigenvalue weighted by Crippen LogP contribution is 2.08. The number of esters is 1. The molecule has 0 saturated carbocycles. The Morgan fingerprint density at radius 2 is 1.86 bits per heavy atom. The zero-order valence-corrected chi connectivity index (χ0v) is 11.8. The highest BCUT2D eigenvalue weighted by molar-refractivity contribution is 6.62. The van der Waals surface area contributed by atoms with E-state index in [4.69, 9.17) is 10.4 Å². The maximum atomic E-state index is 11.8. The van der Waals surface area contributed by atoms with Crippen LogP contribution >= 0.6 is 0 Å². The summed E-state index contributed by atoms with van der Waals surface area (Å²) in [6, 6.07) is 9.16. The zero-order chi connectivity index (χ0) is 15.7. The van der Waals surface area contributed by atoms with Crippen LogP contribution in [0.15, 0.2) is 35.5 Å². The van der Waals surface area contributed by atoms with Crippen molar-refractivity contribution in [3.8, 4) is 0 Å². The first kappa shape index (κ1) is 16.3. The first-order valence-electron chi connectivity index (χ1n) is 6.13. The van der Waals surface area contributed by atoms with E-state index in [1.165, 1.54) is 7.11 Å². The summed E-state index contributed by atoms with van der Waals surface area (Å²) in [4.78, 5) is 30.5. The molecule has 0 aromatic heterocycles. The Bertz CT molecular complexity index is 589. The molecule has 0 fully saturated rings. The fourth-order valence-corrected chi connectivity index (χ4v) is 1.64. The summed E-state index contributed by atoms with van der Waals surface area (Å²) in [5.74, 6) is -1.61. The smallest absolute Gasteiger partial charge is 0.441 e. The van der Waals surface area contributed by atoms with E-state index in [1.807, 2.05) is 30.3 Å². The van der Waals surface area contributed by atoms with Crippen molar-refractivity contribution in [2.45, 2.75) is 12.8 Å². The van der Waals surface area contributed by atoms with E-state index in [0.29, 0.717) is 5.71 Å². The molecule has 0 aliphatic carbocycles. The van der Waals surface area contributed by atoms with Crippen LogP contribution in [-0.2, 0) is 19.2 Å². The molecule has 0 aliphatic heterocycles. The molecular formula is C14H15N3O4. The van der Waals surface area contributed by atoms with Crippen LogP contribution in [0.2, 0.25) is 0 Å². The van der Waals surface area contributed by atoms with Crippen LogP contribution < -0.4 is 0 Å². The van der Waals surface area contributed by atoms with Crippen LogP contribution in [0, 0.1) is 0 Å². The van der Waals surface area contributed by atoms with Gasteiger partial charge < -0.3 is 15.1 Å². The first-order chi connectivity index (χ1) is 10.1. The minimum Gasteiger partial charge on any atom is -0.460 e. The van der Waals surface area contributed by atoms with Gasteiger partial charge in [0.15, 0.2) is 0 Å². The lowest BCUT2D eigenvalue weighted by Crippen LogP contribution is -2.27. The molecule has 7 nitrogen and oxygen atoms in total. The van der Waals surface area contributed by atoms with Gasteiger partial charge in [0.25, 0.3) is 5.78 Å². The molecule has 1 aromatic rings. The fourth-order valence-electron chi connectivity index (χ4n) is 1.64. The number of oxime groups is 1. The summed E-state index contributed by atoms with van der Waals surface area (Å²) < 4.78 is 4.36. The zero-order valence-electron chi connectivity index (χ0n) is 11.8. The molecule has 0 heterocycles. The molecule has 1 aromatic carbocycles. The molecule has 0 N–H and O–H groups in total. The highest BCUT2D eigenvalue weighted by atomic mass is 16.6. The SMILES string of the molecule is CO/N=C(/CCC(=O)C(=[N+]=[N-])C(=O)OC)c1ccccc1. The number of Topliss-reactive ketones (excluding diaryl/α,β-unsaturated/α-hetero) is 1. The summed E-state index contributed by atoms with van der Waals surface area (Å²) in [6.45, 7) is 0. The Morgan fingerprint density at radius 1 is 1.19 bits per heavy atom. The molecule has 0 atom stereocenters. The number of hydrogen-bond acceptors (Lipinski definition) is 5. The van der Waals surface area contributed by atoms with Crippen molar-refractivity contribution in [3.05, 3.63) is 41.4 Å². The van der Waals surface area contributed by atoms with Crippen LogP contribution in [0.25, 0.3) is 5.53 Å². The van der Waals surface area contributed by atoms with Crippen LogP contribution in [0.3, 0.4) is 0 Å². The summed E-state index contributed by atoms with van der Waals surface area (Å²) in [5.41, 5.74) is 9.41. The van der Waals surface area contributed by atoms with E-state index < -0.39 is 17.5 Å². The van der Waals surface area contributed by atoms with E-state index >= 15 is 0 Å². The average Bonchev–Trinajstić information content (AvgIpc) is 2.52. The molecule has 0 amide bonds. The van der Waals surface area contributed by atoms with Gasteiger partial charge in [0.1, 0.15) is 7.11 Å². The van der Waals surface area contributed by atoms with Gasteiger partial charge in [-0.05, 0) is 5.56 Å². The molecule has 21 heavy (non-hydrogen) atoms. The maximum Gasteiger partial charge on any atom is 0.441 e. The molecule has 0 saturated heterocycles. The van der Waals surface area contributed by atoms with E-state index in [2.05, 4.69) is 14.7 Å². The molecule has 1 rings (SSSR count). The van der Waals surface area contributed by atoms with Gasteiger partial charge in [0.2, 0.25) is 0 Å². The minimum atomic E-state index is -0.979. The number of ether oxygens (including phenoxy) is 1. The Hall–Kier alpha value is -2.79.